The van der Waals surface area contributed by atoms with Crippen LogP contribution in [-0.4, -0.2) is 34.0 Å². The van der Waals surface area contributed by atoms with Gasteiger partial charge in [-0.3, -0.25) is 9.59 Å². The van der Waals surface area contributed by atoms with Crippen LogP contribution in [0.25, 0.3) is 0 Å². The number of carboxylic acid groups (broad SMARTS) is 1. The normalized spacial score (nSPS) is 17.2. The fourth-order valence-corrected chi connectivity index (χ4v) is 2.55. The summed E-state index contributed by atoms with van der Waals surface area (Å²) in [6.07, 6.45) is -0.0478. The third-order valence-electron chi connectivity index (χ3n) is 3.75. The number of carbonyl (C=O) groups excluding carboxylic acids is 2. The Bertz CT molecular complexity index is 816. The Kier molecular flexibility index (Phi) is 3.91. The van der Waals surface area contributed by atoms with E-state index in [1.54, 1.807) is 18.2 Å². The van der Waals surface area contributed by atoms with Gasteiger partial charge in [0.25, 0.3) is 5.91 Å². The Hall–Kier alpha value is -3.35. The predicted octanol–water partition coefficient (Wildman–Crippen LogP) is 1.83. The maximum atomic E-state index is 12.5. The fraction of sp³-hybridized carbons (Fsp3) is 0.118. The van der Waals surface area contributed by atoms with Crippen LogP contribution >= 0.6 is 0 Å². The molecule has 7 nitrogen and oxygen atoms in total. The molecule has 0 bridgehead atoms. The molecular formula is C17H14N2O5. The number of carbonyl (C=O) groups is 3. The molecule has 0 radical (unpaired) electrons. The highest BCUT2D eigenvalue weighted by Crippen LogP contribution is 2.28. The number of hydrogen-bond acceptors (Lipinski definition) is 5. The number of nitrogens with zero attached hydrogens (tertiary/aromatic N) is 1. The molecule has 0 aliphatic carbocycles. The Morgan fingerprint density at radius 2 is 1.75 bits per heavy atom. The zero-order chi connectivity index (χ0) is 17.3. The topological polar surface area (TPSA) is 107 Å². The van der Waals surface area contributed by atoms with Crippen molar-refractivity contribution in [2.75, 3.05) is 10.2 Å². The Morgan fingerprint density at radius 1 is 1.08 bits per heavy atom. The van der Waals surface area contributed by atoms with Gasteiger partial charge in [0.05, 0.1) is 23.4 Å². The number of rotatable bonds is 4. The standard InChI is InChI=1S/C17H14N2O5/c20-14-4-2-1-3-12(14)18-13-9-15(21)19(16(13)22)11-7-5-10(6-8-11)17(23)24/h1-8,13,18,20H,9H2,(H,23,24). The first-order valence-corrected chi connectivity index (χ1v) is 7.22. The summed E-state index contributed by atoms with van der Waals surface area (Å²) in [4.78, 5) is 36.6. The molecule has 2 amide bonds. The highest BCUT2D eigenvalue weighted by Gasteiger charge is 2.39. The number of phenols is 1. The van der Waals surface area contributed by atoms with Gasteiger partial charge in [0.2, 0.25) is 5.91 Å². The highest BCUT2D eigenvalue weighted by atomic mass is 16.4. The number of aromatic carboxylic acids is 1. The van der Waals surface area contributed by atoms with Gasteiger partial charge in [0.15, 0.2) is 0 Å². The van der Waals surface area contributed by atoms with Gasteiger partial charge in [0.1, 0.15) is 11.8 Å². The molecule has 3 rings (SSSR count). The van der Waals surface area contributed by atoms with E-state index in [2.05, 4.69) is 5.32 Å². The monoisotopic (exact) mass is 326 g/mol. The van der Waals surface area contributed by atoms with E-state index in [4.69, 9.17) is 5.11 Å². The number of aromatic hydroxyl groups is 1. The fourth-order valence-electron chi connectivity index (χ4n) is 2.55. The lowest BCUT2D eigenvalue weighted by atomic mass is 10.2. The van der Waals surface area contributed by atoms with Gasteiger partial charge < -0.3 is 15.5 Å². The number of imide groups is 1. The SMILES string of the molecule is O=C(O)c1ccc(N2C(=O)CC(Nc3ccccc3O)C2=O)cc1. The molecule has 1 atom stereocenters. The van der Waals surface area contributed by atoms with Gasteiger partial charge in [-0.1, -0.05) is 12.1 Å². The van der Waals surface area contributed by atoms with Gasteiger partial charge in [-0.25, -0.2) is 9.69 Å². The van der Waals surface area contributed by atoms with Crippen LogP contribution in [0.2, 0.25) is 0 Å². The van der Waals surface area contributed by atoms with E-state index in [9.17, 15) is 19.5 Å². The molecule has 1 aliphatic heterocycles. The van der Waals surface area contributed by atoms with Crippen LogP contribution in [0.4, 0.5) is 11.4 Å². The molecule has 2 aromatic rings. The summed E-state index contributed by atoms with van der Waals surface area (Å²) in [6, 6.07) is 11.2. The molecule has 0 aromatic heterocycles. The Morgan fingerprint density at radius 3 is 2.38 bits per heavy atom. The average Bonchev–Trinajstić information content (AvgIpc) is 2.84. The minimum Gasteiger partial charge on any atom is -0.506 e. The lowest BCUT2D eigenvalue weighted by molar-refractivity contribution is -0.121. The summed E-state index contributed by atoms with van der Waals surface area (Å²) in [6.45, 7) is 0. The number of amides is 2. The maximum absolute atomic E-state index is 12.5. The highest BCUT2D eigenvalue weighted by molar-refractivity contribution is 6.23. The molecular weight excluding hydrogens is 312 g/mol. The number of benzene rings is 2. The van der Waals surface area contributed by atoms with E-state index in [0.717, 1.165) is 4.90 Å². The number of hydrogen-bond donors (Lipinski definition) is 3. The van der Waals surface area contributed by atoms with Crippen molar-refractivity contribution in [1.82, 2.24) is 0 Å². The van der Waals surface area contributed by atoms with Crippen molar-refractivity contribution in [2.24, 2.45) is 0 Å². The lowest BCUT2D eigenvalue weighted by Gasteiger charge is -2.16. The number of nitrogens with one attached hydrogen (secondary N) is 1. The third-order valence-corrected chi connectivity index (χ3v) is 3.75. The predicted molar refractivity (Wildman–Crippen MR) is 86.0 cm³/mol. The van der Waals surface area contributed by atoms with E-state index in [1.807, 2.05) is 0 Å². The van der Waals surface area contributed by atoms with Gasteiger partial charge in [-0.15, -0.1) is 0 Å². The molecule has 0 spiro atoms. The van der Waals surface area contributed by atoms with Crippen LogP contribution in [0, 0.1) is 0 Å². The molecule has 24 heavy (non-hydrogen) atoms. The molecule has 1 heterocycles. The van der Waals surface area contributed by atoms with E-state index in [1.165, 1.54) is 30.3 Å². The zero-order valence-corrected chi connectivity index (χ0v) is 12.5. The van der Waals surface area contributed by atoms with E-state index >= 15 is 0 Å². The first-order valence-electron chi connectivity index (χ1n) is 7.22. The third kappa shape index (κ3) is 2.79. The van der Waals surface area contributed by atoms with Crippen LogP contribution < -0.4 is 10.2 Å². The molecule has 3 N–H and O–H groups in total. The first-order chi connectivity index (χ1) is 11.5. The quantitative estimate of drug-likeness (QED) is 0.584. The Labute approximate surface area is 137 Å². The van der Waals surface area contributed by atoms with Gasteiger partial charge in [-0.2, -0.15) is 0 Å². The molecule has 1 fully saturated rings. The molecule has 1 saturated heterocycles. The summed E-state index contributed by atoms with van der Waals surface area (Å²) in [5, 5.41) is 21.5. The van der Waals surface area contributed by atoms with Crippen LogP contribution in [-0.2, 0) is 9.59 Å². The molecule has 0 saturated carbocycles. The maximum Gasteiger partial charge on any atom is 0.335 e. The van der Waals surface area contributed by atoms with Crippen molar-refractivity contribution < 1.29 is 24.6 Å². The smallest absolute Gasteiger partial charge is 0.335 e. The second-order valence-electron chi connectivity index (χ2n) is 5.34. The van der Waals surface area contributed by atoms with E-state index < -0.39 is 23.8 Å². The average molecular weight is 326 g/mol. The van der Waals surface area contributed by atoms with Crippen molar-refractivity contribution in [3.63, 3.8) is 0 Å². The minimum absolute atomic E-state index is 0.0120. The largest absolute Gasteiger partial charge is 0.506 e. The van der Waals surface area contributed by atoms with Gasteiger partial charge in [0, 0.05) is 0 Å². The van der Waals surface area contributed by atoms with Crippen molar-refractivity contribution in [3.05, 3.63) is 54.1 Å². The van der Waals surface area contributed by atoms with E-state index in [-0.39, 0.29) is 17.7 Å². The lowest BCUT2D eigenvalue weighted by Crippen LogP contribution is -2.34. The van der Waals surface area contributed by atoms with Crippen LogP contribution in [0.5, 0.6) is 5.75 Å². The molecule has 1 unspecified atom stereocenters. The summed E-state index contributed by atoms with van der Waals surface area (Å²) >= 11 is 0. The van der Waals surface area contributed by atoms with Crippen molar-refractivity contribution >= 4 is 29.2 Å². The molecule has 122 valence electrons. The van der Waals surface area contributed by atoms with Crippen molar-refractivity contribution in [2.45, 2.75) is 12.5 Å². The first kappa shape index (κ1) is 15.5. The Balaban J connectivity index is 1.81. The van der Waals surface area contributed by atoms with Crippen molar-refractivity contribution in [1.29, 1.82) is 0 Å². The summed E-state index contributed by atoms with van der Waals surface area (Å²) < 4.78 is 0. The van der Waals surface area contributed by atoms with Crippen LogP contribution in [0.1, 0.15) is 16.8 Å². The number of para-hydroxylation sites is 2. The summed E-state index contributed by atoms with van der Waals surface area (Å²) in [5.41, 5.74) is 0.755. The number of carboxylic acids is 1. The van der Waals surface area contributed by atoms with Gasteiger partial charge in [-0.05, 0) is 36.4 Å². The second-order valence-corrected chi connectivity index (χ2v) is 5.34. The molecule has 2 aromatic carbocycles. The number of anilines is 2. The van der Waals surface area contributed by atoms with Crippen LogP contribution in [0.3, 0.4) is 0 Å². The second kappa shape index (κ2) is 6.04. The minimum atomic E-state index is -1.08. The molecule has 1 aliphatic rings. The molecule has 7 heteroatoms. The summed E-state index contributed by atoms with van der Waals surface area (Å²) in [7, 11) is 0. The van der Waals surface area contributed by atoms with Gasteiger partial charge >= 0.3 is 5.97 Å². The van der Waals surface area contributed by atoms with E-state index in [0.29, 0.717) is 11.4 Å². The zero-order valence-electron chi connectivity index (χ0n) is 12.5. The van der Waals surface area contributed by atoms with Crippen molar-refractivity contribution in [3.8, 4) is 5.75 Å². The number of phenolic OH excluding ortho intramolecular Hbond substituents is 1. The summed E-state index contributed by atoms with van der Waals surface area (Å²) in [5.74, 6) is -1.94. The van der Waals surface area contributed by atoms with Crippen LogP contribution in [0.15, 0.2) is 48.5 Å².